The van der Waals surface area contributed by atoms with E-state index in [2.05, 4.69) is 13.2 Å². The van der Waals surface area contributed by atoms with E-state index in [0.29, 0.717) is 24.0 Å². The van der Waals surface area contributed by atoms with Crippen LogP contribution in [0.2, 0.25) is 0 Å². The summed E-state index contributed by atoms with van der Waals surface area (Å²) < 4.78 is 5.47. The Morgan fingerprint density at radius 2 is 2.00 bits per heavy atom. The molecule has 5 heteroatoms. The van der Waals surface area contributed by atoms with Crippen LogP contribution in [-0.4, -0.2) is 40.6 Å². The number of carbonyl (C=O) groups excluding carboxylic acids is 1. The lowest BCUT2D eigenvalue weighted by Gasteiger charge is -2.21. The maximum atomic E-state index is 11.1. The van der Waals surface area contributed by atoms with E-state index < -0.39 is 0 Å². The molecule has 0 radical (unpaired) electrons. The molecule has 0 aromatic rings. The number of hydrogen-bond donors (Lipinski definition) is 0. The molecule has 0 bridgehead atoms. The van der Waals surface area contributed by atoms with Crippen LogP contribution in [0.15, 0.2) is 25.3 Å². The lowest BCUT2D eigenvalue weighted by atomic mass is 10.5. The zero-order chi connectivity index (χ0) is 12.4. The summed E-state index contributed by atoms with van der Waals surface area (Å²) in [5.74, 6) is 0.00397. The summed E-state index contributed by atoms with van der Waals surface area (Å²) in [5, 5.41) is 0. The van der Waals surface area contributed by atoms with Gasteiger partial charge in [-0.2, -0.15) is 0 Å². The highest BCUT2D eigenvalue weighted by Gasteiger charge is 2.10. The van der Waals surface area contributed by atoms with Crippen LogP contribution in [0.4, 0.5) is 0 Å². The largest absolute Gasteiger partial charge is 0.465 e. The first kappa shape index (κ1) is 15.2. The van der Waals surface area contributed by atoms with E-state index in [4.69, 9.17) is 17.0 Å². The summed E-state index contributed by atoms with van der Waals surface area (Å²) in [5.41, 5.74) is 0. The minimum absolute atomic E-state index is 0.244. The van der Waals surface area contributed by atoms with Crippen molar-refractivity contribution in [2.75, 3.05) is 25.4 Å². The highest BCUT2D eigenvalue weighted by atomic mass is 32.2. The number of nitrogens with zero attached hydrogens (tertiary/aromatic N) is 1. The molecule has 0 atom stereocenters. The van der Waals surface area contributed by atoms with E-state index in [1.807, 2.05) is 4.90 Å². The lowest BCUT2D eigenvalue weighted by Crippen LogP contribution is -2.28. The highest BCUT2D eigenvalue weighted by molar-refractivity contribution is 8.23. The molecule has 0 amide bonds. The smallest absolute Gasteiger partial charge is 0.316 e. The van der Waals surface area contributed by atoms with Gasteiger partial charge in [-0.15, -0.1) is 13.2 Å². The van der Waals surface area contributed by atoms with E-state index >= 15 is 0 Å². The fourth-order valence-electron chi connectivity index (χ4n) is 0.950. The van der Waals surface area contributed by atoms with Crippen LogP contribution in [0.3, 0.4) is 0 Å². The number of thioether (sulfide) groups is 1. The monoisotopic (exact) mass is 259 g/mol. The maximum absolute atomic E-state index is 11.1. The van der Waals surface area contributed by atoms with Crippen molar-refractivity contribution >= 4 is 34.3 Å². The molecule has 0 rings (SSSR count). The SMILES string of the molecule is C=CCN(CC=C)C(=S)SCC(=O)OCC. The Kier molecular flexibility index (Phi) is 8.94. The second-order valence-electron chi connectivity index (χ2n) is 2.84. The second-order valence-corrected chi connectivity index (χ2v) is 4.45. The van der Waals surface area contributed by atoms with Gasteiger partial charge in [0.25, 0.3) is 0 Å². The maximum Gasteiger partial charge on any atom is 0.316 e. The highest BCUT2D eigenvalue weighted by Crippen LogP contribution is 2.10. The van der Waals surface area contributed by atoms with E-state index in [0.717, 1.165) is 0 Å². The quantitative estimate of drug-likeness (QED) is 0.397. The minimum Gasteiger partial charge on any atom is -0.465 e. The first-order valence-electron chi connectivity index (χ1n) is 4.94. The van der Waals surface area contributed by atoms with Crippen LogP contribution in [0.25, 0.3) is 0 Å². The molecule has 0 N–H and O–H groups in total. The van der Waals surface area contributed by atoms with Crippen LogP contribution in [0.1, 0.15) is 6.92 Å². The summed E-state index contributed by atoms with van der Waals surface area (Å²) in [6, 6.07) is 0. The van der Waals surface area contributed by atoms with Gasteiger partial charge in [-0.3, -0.25) is 4.79 Å². The standard InChI is InChI=1S/C11H17NO2S2/c1-4-7-12(8-5-2)11(15)16-9-10(13)14-6-3/h4-5H,1-2,6-9H2,3H3. The Hall–Kier alpha value is -0.810. The normalized spacial score (nSPS) is 9.31. The number of ether oxygens (including phenoxy) is 1. The van der Waals surface area contributed by atoms with Crippen molar-refractivity contribution in [3.05, 3.63) is 25.3 Å². The summed E-state index contributed by atoms with van der Waals surface area (Å²) in [4.78, 5) is 13.0. The zero-order valence-corrected chi connectivity index (χ0v) is 11.1. The average molecular weight is 259 g/mol. The molecule has 0 fully saturated rings. The number of hydrogen-bond acceptors (Lipinski definition) is 4. The Labute approximate surface area is 107 Å². The first-order valence-corrected chi connectivity index (χ1v) is 6.34. The van der Waals surface area contributed by atoms with Crippen LogP contribution in [-0.2, 0) is 9.53 Å². The molecule has 16 heavy (non-hydrogen) atoms. The van der Waals surface area contributed by atoms with Crippen LogP contribution in [0, 0.1) is 0 Å². The third kappa shape index (κ3) is 6.63. The van der Waals surface area contributed by atoms with Crippen LogP contribution in [0.5, 0.6) is 0 Å². The lowest BCUT2D eigenvalue weighted by molar-refractivity contribution is -0.139. The molecule has 0 aliphatic heterocycles. The van der Waals surface area contributed by atoms with Gasteiger partial charge in [-0.05, 0) is 6.92 Å². The predicted molar refractivity (Wildman–Crippen MR) is 73.7 cm³/mol. The molecule has 0 aromatic heterocycles. The third-order valence-corrected chi connectivity index (χ3v) is 3.07. The molecule has 0 aliphatic rings. The topological polar surface area (TPSA) is 29.5 Å². The van der Waals surface area contributed by atoms with Crippen molar-refractivity contribution in [3.63, 3.8) is 0 Å². The second kappa shape index (κ2) is 9.42. The van der Waals surface area contributed by atoms with Gasteiger partial charge in [0.15, 0.2) is 0 Å². The van der Waals surface area contributed by atoms with Gasteiger partial charge in [-0.1, -0.05) is 36.1 Å². The van der Waals surface area contributed by atoms with Crippen LogP contribution >= 0.6 is 24.0 Å². The molecule has 0 spiro atoms. The molecular formula is C11H17NO2S2. The third-order valence-electron chi connectivity index (χ3n) is 1.58. The fourth-order valence-corrected chi connectivity index (χ4v) is 1.93. The number of carbonyl (C=O) groups is 1. The summed E-state index contributed by atoms with van der Waals surface area (Å²) >= 11 is 6.49. The van der Waals surface area contributed by atoms with E-state index in [1.54, 1.807) is 19.1 Å². The van der Waals surface area contributed by atoms with Gasteiger partial charge in [0.2, 0.25) is 0 Å². The Bertz CT molecular complexity index is 257. The molecule has 0 aliphatic carbocycles. The number of thiocarbonyl (C=S) groups is 1. The van der Waals surface area contributed by atoms with Gasteiger partial charge >= 0.3 is 5.97 Å². The van der Waals surface area contributed by atoms with Crippen molar-refractivity contribution in [2.24, 2.45) is 0 Å². The van der Waals surface area contributed by atoms with Crippen LogP contribution < -0.4 is 0 Å². The Morgan fingerprint density at radius 3 is 2.44 bits per heavy atom. The Balaban J connectivity index is 4.04. The Morgan fingerprint density at radius 1 is 1.44 bits per heavy atom. The predicted octanol–water partition coefficient (Wildman–Crippen LogP) is 2.24. The summed E-state index contributed by atoms with van der Waals surface area (Å²) in [7, 11) is 0. The molecule has 0 unspecified atom stereocenters. The van der Waals surface area contributed by atoms with Crippen molar-refractivity contribution in [2.45, 2.75) is 6.92 Å². The van der Waals surface area contributed by atoms with E-state index in [-0.39, 0.29) is 11.7 Å². The van der Waals surface area contributed by atoms with Gasteiger partial charge < -0.3 is 9.64 Å². The molecule has 3 nitrogen and oxygen atoms in total. The zero-order valence-electron chi connectivity index (χ0n) is 9.48. The van der Waals surface area contributed by atoms with Gasteiger partial charge in [-0.25, -0.2) is 0 Å². The van der Waals surface area contributed by atoms with Crippen molar-refractivity contribution in [1.29, 1.82) is 0 Å². The van der Waals surface area contributed by atoms with Crippen molar-refractivity contribution in [3.8, 4) is 0 Å². The fraction of sp³-hybridized carbons (Fsp3) is 0.455. The summed E-state index contributed by atoms with van der Waals surface area (Å²) in [6.07, 6.45) is 3.53. The van der Waals surface area contributed by atoms with Gasteiger partial charge in [0, 0.05) is 13.1 Å². The van der Waals surface area contributed by atoms with E-state index in [9.17, 15) is 4.79 Å². The van der Waals surface area contributed by atoms with E-state index in [1.165, 1.54) is 11.8 Å². The summed E-state index contributed by atoms with van der Waals surface area (Å²) in [6.45, 7) is 10.8. The number of esters is 1. The average Bonchev–Trinajstić information content (AvgIpc) is 2.26. The van der Waals surface area contributed by atoms with Crippen molar-refractivity contribution in [1.82, 2.24) is 4.90 Å². The number of rotatable bonds is 7. The molecule has 0 aromatic carbocycles. The molecule has 0 saturated heterocycles. The van der Waals surface area contributed by atoms with Gasteiger partial charge in [0.1, 0.15) is 4.32 Å². The van der Waals surface area contributed by atoms with Gasteiger partial charge in [0.05, 0.1) is 12.4 Å². The first-order chi connectivity index (χ1) is 7.65. The molecule has 0 saturated carbocycles. The molecular weight excluding hydrogens is 242 g/mol. The van der Waals surface area contributed by atoms with Crippen molar-refractivity contribution < 1.29 is 9.53 Å². The molecule has 90 valence electrons. The minimum atomic E-state index is -0.244. The molecule has 0 heterocycles.